The van der Waals surface area contributed by atoms with Gasteiger partial charge in [0.25, 0.3) is 0 Å². The van der Waals surface area contributed by atoms with Crippen LogP contribution < -0.4 is 5.32 Å². The van der Waals surface area contributed by atoms with Gasteiger partial charge in [0.2, 0.25) is 0 Å². The maximum absolute atomic E-state index is 9.33. The molecule has 1 fully saturated rings. The maximum Gasteiger partial charge on any atom is 0.0672 e. The third-order valence-electron chi connectivity index (χ3n) is 3.38. The summed E-state index contributed by atoms with van der Waals surface area (Å²) in [6.45, 7) is 3.90. The Bertz CT molecular complexity index is 235. The lowest BCUT2D eigenvalue weighted by molar-refractivity contribution is 0.165. The van der Waals surface area contributed by atoms with Gasteiger partial charge in [-0.3, -0.25) is 0 Å². The summed E-state index contributed by atoms with van der Waals surface area (Å²) < 4.78 is 0. The molecule has 0 aromatic rings. The van der Waals surface area contributed by atoms with Crippen molar-refractivity contribution in [2.45, 2.75) is 70.6 Å². The average Bonchev–Trinajstić information content (AvgIpc) is 2.41. The molecule has 0 heterocycles. The van der Waals surface area contributed by atoms with Crippen LogP contribution in [0.3, 0.4) is 0 Å². The molecule has 4 atom stereocenters. The molecule has 0 radical (unpaired) electrons. The summed E-state index contributed by atoms with van der Waals surface area (Å²) in [5, 5.41) is 22.0. The molecule has 1 saturated carbocycles. The largest absolute Gasteiger partial charge is 0.393 e. The summed E-state index contributed by atoms with van der Waals surface area (Å²) in [5.41, 5.74) is 0. The van der Waals surface area contributed by atoms with E-state index in [0.717, 1.165) is 19.3 Å². The molecule has 0 aromatic heterocycles. The highest BCUT2D eigenvalue weighted by Crippen LogP contribution is 2.23. The summed E-state index contributed by atoms with van der Waals surface area (Å²) in [4.78, 5) is 0. The molecule has 3 heteroatoms. The fourth-order valence-corrected chi connectivity index (χ4v) is 2.61. The molecule has 0 spiro atoms. The third kappa shape index (κ3) is 4.51. The molecular weight excluding hydrogens is 200 g/mol. The van der Waals surface area contributed by atoms with E-state index < -0.39 is 0 Å². The fraction of sp³-hybridized carbons (Fsp3) is 0.923. The van der Waals surface area contributed by atoms with Gasteiger partial charge >= 0.3 is 0 Å². The van der Waals surface area contributed by atoms with Crippen molar-refractivity contribution in [2.24, 2.45) is 5.92 Å². The Kier molecular flexibility index (Phi) is 5.79. The van der Waals surface area contributed by atoms with Crippen molar-refractivity contribution in [1.82, 2.24) is 5.32 Å². The van der Waals surface area contributed by atoms with Crippen molar-refractivity contribution in [3.05, 3.63) is 0 Å². The van der Waals surface area contributed by atoms with Crippen molar-refractivity contribution in [1.29, 1.82) is 5.26 Å². The summed E-state index contributed by atoms with van der Waals surface area (Å²) in [7, 11) is 0. The molecule has 0 aromatic carbocycles. The molecule has 0 aliphatic heterocycles. The summed E-state index contributed by atoms with van der Waals surface area (Å²) >= 11 is 0. The summed E-state index contributed by atoms with van der Waals surface area (Å²) in [6, 6.07) is 3.04. The Balaban J connectivity index is 2.45. The van der Waals surface area contributed by atoms with E-state index >= 15 is 0 Å². The highest BCUT2D eigenvalue weighted by molar-refractivity contribution is 4.94. The molecule has 16 heavy (non-hydrogen) atoms. The van der Waals surface area contributed by atoms with Crippen LogP contribution in [0.4, 0.5) is 0 Å². The Labute approximate surface area is 98.8 Å². The number of aliphatic hydroxyl groups excluding tert-OH is 1. The Morgan fingerprint density at radius 2 is 2.00 bits per heavy atom. The standard InChI is InChI=1S/C13H24N2O/c1-10(8-11(2)16)15-13-7-5-3-4-6-12(13)9-14/h10-13,15-16H,3-8H2,1-2H3. The molecule has 1 aliphatic rings. The first-order chi connectivity index (χ1) is 7.63. The normalized spacial score (nSPS) is 30.1. The molecule has 92 valence electrons. The molecule has 0 amide bonds. The second-order valence-electron chi connectivity index (χ2n) is 5.13. The van der Waals surface area contributed by atoms with Crippen LogP contribution in [0, 0.1) is 17.2 Å². The predicted octanol–water partition coefficient (Wildman–Crippen LogP) is 2.21. The first-order valence-corrected chi connectivity index (χ1v) is 6.47. The van der Waals surface area contributed by atoms with E-state index in [4.69, 9.17) is 5.26 Å². The Morgan fingerprint density at radius 1 is 1.31 bits per heavy atom. The SMILES string of the molecule is CC(O)CC(C)NC1CCCCCC1C#N. The van der Waals surface area contributed by atoms with E-state index in [-0.39, 0.29) is 12.0 Å². The van der Waals surface area contributed by atoms with Crippen LogP contribution in [-0.2, 0) is 0 Å². The summed E-state index contributed by atoms with van der Waals surface area (Å²) in [5.74, 6) is 0.152. The number of hydrogen-bond acceptors (Lipinski definition) is 3. The zero-order chi connectivity index (χ0) is 12.0. The maximum atomic E-state index is 9.33. The number of rotatable bonds is 4. The number of aliphatic hydroxyl groups is 1. The molecule has 3 nitrogen and oxygen atoms in total. The lowest BCUT2D eigenvalue weighted by Crippen LogP contribution is -2.41. The van der Waals surface area contributed by atoms with Crippen molar-refractivity contribution in [2.75, 3.05) is 0 Å². The Morgan fingerprint density at radius 3 is 2.62 bits per heavy atom. The number of nitrogens with zero attached hydrogens (tertiary/aromatic N) is 1. The van der Waals surface area contributed by atoms with Gasteiger partial charge in [-0.1, -0.05) is 19.3 Å². The molecule has 0 bridgehead atoms. The lowest BCUT2D eigenvalue weighted by Gasteiger charge is -2.26. The highest BCUT2D eigenvalue weighted by atomic mass is 16.3. The number of hydrogen-bond donors (Lipinski definition) is 2. The zero-order valence-electron chi connectivity index (χ0n) is 10.4. The van der Waals surface area contributed by atoms with Gasteiger partial charge in [0.1, 0.15) is 0 Å². The highest BCUT2D eigenvalue weighted by Gasteiger charge is 2.24. The first kappa shape index (κ1) is 13.5. The van der Waals surface area contributed by atoms with E-state index in [9.17, 15) is 5.11 Å². The van der Waals surface area contributed by atoms with Gasteiger partial charge in [-0.2, -0.15) is 5.26 Å². The van der Waals surface area contributed by atoms with Crippen LogP contribution in [-0.4, -0.2) is 23.3 Å². The van der Waals surface area contributed by atoms with Gasteiger partial charge in [0.15, 0.2) is 0 Å². The molecular formula is C13H24N2O. The van der Waals surface area contributed by atoms with E-state index in [1.807, 2.05) is 6.92 Å². The topological polar surface area (TPSA) is 56.0 Å². The van der Waals surface area contributed by atoms with Gasteiger partial charge in [-0.05, 0) is 33.1 Å². The van der Waals surface area contributed by atoms with Crippen molar-refractivity contribution in [3.8, 4) is 6.07 Å². The van der Waals surface area contributed by atoms with E-state index in [0.29, 0.717) is 12.1 Å². The molecule has 1 aliphatic carbocycles. The number of nitriles is 1. The number of nitrogens with one attached hydrogen (secondary N) is 1. The molecule has 4 unspecified atom stereocenters. The van der Waals surface area contributed by atoms with Crippen molar-refractivity contribution in [3.63, 3.8) is 0 Å². The monoisotopic (exact) mass is 224 g/mol. The minimum atomic E-state index is -0.270. The minimum absolute atomic E-state index is 0.152. The predicted molar refractivity (Wildman–Crippen MR) is 64.9 cm³/mol. The minimum Gasteiger partial charge on any atom is -0.393 e. The van der Waals surface area contributed by atoms with Crippen molar-refractivity contribution >= 4 is 0 Å². The van der Waals surface area contributed by atoms with Gasteiger partial charge in [0.05, 0.1) is 18.1 Å². The van der Waals surface area contributed by atoms with Gasteiger partial charge in [-0.25, -0.2) is 0 Å². The zero-order valence-corrected chi connectivity index (χ0v) is 10.4. The van der Waals surface area contributed by atoms with Crippen LogP contribution in [0.1, 0.15) is 52.4 Å². The van der Waals surface area contributed by atoms with Crippen LogP contribution in [0.25, 0.3) is 0 Å². The van der Waals surface area contributed by atoms with Crippen LogP contribution in [0.5, 0.6) is 0 Å². The van der Waals surface area contributed by atoms with E-state index in [1.54, 1.807) is 0 Å². The molecule has 1 rings (SSSR count). The second kappa shape index (κ2) is 6.88. The quantitative estimate of drug-likeness (QED) is 0.720. The molecule has 0 saturated heterocycles. The van der Waals surface area contributed by atoms with Crippen molar-refractivity contribution < 1.29 is 5.11 Å². The smallest absolute Gasteiger partial charge is 0.0672 e. The first-order valence-electron chi connectivity index (χ1n) is 6.47. The van der Waals surface area contributed by atoms with Crippen LogP contribution in [0.15, 0.2) is 0 Å². The Hall–Kier alpha value is -0.590. The summed E-state index contributed by atoms with van der Waals surface area (Å²) in [6.07, 6.45) is 6.26. The van der Waals surface area contributed by atoms with E-state index in [1.165, 1.54) is 19.3 Å². The van der Waals surface area contributed by atoms with Gasteiger partial charge in [-0.15, -0.1) is 0 Å². The van der Waals surface area contributed by atoms with E-state index in [2.05, 4.69) is 18.3 Å². The average molecular weight is 224 g/mol. The van der Waals surface area contributed by atoms with Gasteiger partial charge in [0, 0.05) is 12.1 Å². The van der Waals surface area contributed by atoms with Gasteiger partial charge < -0.3 is 10.4 Å². The van der Waals surface area contributed by atoms with Crippen LogP contribution in [0.2, 0.25) is 0 Å². The van der Waals surface area contributed by atoms with Crippen LogP contribution >= 0.6 is 0 Å². The molecule has 2 N–H and O–H groups in total. The lowest BCUT2D eigenvalue weighted by atomic mass is 9.95. The third-order valence-corrected chi connectivity index (χ3v) is 3.38. The fourth-order valence-electron chi connectivity index (χ4n) is 2.61. The second-order valence-corrected chi connectivity index (χ2v) is 5.13.